The molecular weight excluding hydrogens is 331 g/mol. The Balaban J connectivity index is 1.40. The fraction of sp³-hybridized carbons (Fsp3) is 0.263. The average molecular weight is 350 g/mol. The molecule has 1 unspecified atom stereocenters. The number of benzene rings is 1. The second-order valence-electron chi connectivity index (χ2n) is 6.35. The van der Waals surface area contributed by atoms with Crippen molar-refractivity contribution in [3.63, 3.8) is 0 Å². The van der Waals surface area contributed by atoms with E-state index in [2.05, 4.69) is 30.2 Å². The first kappa shape index (κ1) is 16.5. The van der Waals surface area contributed by atoms with Crippen LogP contribution >= 0.6 is 0 Å². The maximum atomic E-state index is 13.0. The van der Waals surface area contributed by atoms with Crippen LogP contribution in [0.4, 0.5) is 16.3 Å². The number of hydrogen-bond acceptors (Lipinski definition) is 6. The predicted octanol–water partition coefficient (Wildman–Crippen LogP) is 3.14. The van der Waals surface area contributed by atoms with Gasteiger partial charge < -0.3 is 0 Å². The minimum Gasteiger partial charge on any atom is -0.298 e. The molecule has 3 aromatic rings. The summed E-state index contributed by atoms with van der Waals surface area (Å²) in [6.07, 6.45) is 6.14. The number of rotatable bonds is 5. The summed E-state index contributed by atoms with van der Waals surface area (Å²) >= 11 is 0. The Bertz CT molecular complexity index is 855. The molecule has 26 heavy (non-hydrogen) atoms. The van der Waals surface area contributed by atoms with Gasteiger partial charge in [0.2, 0.25) is 11.9 Å². The molecule has 0 saturated carbocycles. The molecule has 3 heterocycles. The highest BCUT2D eigenvalue weighted by Gasteiger charge is 2.25. The zero-order valence-electron chi connectivity index (χ0n) is 14.2. The SMILES string of the molecule is Fc1ccc(CN2CCC(c3ccnc(Nc4ncccn4)n3)C2)cc1. The minimum absolute atomic E-state index is 0.198. The molecule has 1 fully saturated rings. The molecule has 0 bridgehead atoms. The van der Waals surface area contributed by atoms with Crippen LogP contribution in [-0.4, -0.2) is 37.9 Å². The van der Waals surface area contributed by atoms with Gasteiger partial charge >= 0.3 is 0 Å². The Labute approximate surface area is 151 Å². The van der Waals surface area contributed by atoms with E-state index >= 15 is 0 Å². The van der Waals surface area contributed by atoms with Gasteiger partial charge in [0.05, 0.1) is 5.69 Å². The van der Waals surface area contributed by atoms with Crippen LogP contribution in [0.2, 0.25) is 0 Å². The van der Waals surface area contributed by atoms with Crippen LogP contribution < -0.4 is 5.32 Å². The summed E-state index contributed by atoms with van der Waals surface area (Å²) in [5, 5.41) is 3.03. The standard InChI is InChI=1S/C19H19FN6/c20-16-4-2-14(3-5-16)12-26-11-7-15(13-26)17-6-10-23-19(24-17)25-18-21-8-1-9-22-18/h1-6,8-10,15H,7,11-13H2,(H,21,22,23,24,25). The van der Waals surface area contributed by atoms with Crippen LogP contribution in [-0.2, 0) is 6.54 Å². The monoisotopic (exact) mass is 350 g/mol. The number of aromatic nitrogens is 4. The number of halogens is 1. The Kier molecular flexibility index (Phi) is 4.79. The van der Waals surface area contributed by atoms with E-state index in [1.807, 2.05) is 18.2 Å². The van der Waals surface area contributed by atoms with Gasteiger partial charge in [-0.3, -0.25) is 10.2 Å². The van der Waals surface area contributed by atoms with Crippen LogP contribution in [0, 0.1) is 5.82 Å². The van der Waals surface area contributed by atoms with Gasteiger partial charge in [-0.1, -0.05) is 12.1 Å². The van der Waals surface area contributed by atoms with Crippen molar-refractivity contribution < 1.29 is 4.39 Å². The van der Waals surface area contributed by atoms with Crippen LogP contribution in [0.5, 0.6) is 0 Å². The van der Waals surface area contributed by atoms with Crippen LogP contribution in [0.3, 0.4) is 0 Å². The van der Waals surface area contributed by atoms with Crippen molar-refractivity contribution in [1.82, 2.24) is 24.8 Å². The molecule has 0 radical (unpaired) electrons. The van der Waals surface area contributed by atoms with E-state index in [4.69, 9.17) is 0 Å². The molecule has 1 saturated heterocycles. The summed E-state index contributed by atoms with van der Waals surface area (Å²) in [4.78, 5) is 19.5. The van der Waals surface area contributed by atoms with Crippen molar-refractivity contribution >= 4 is 11.9 Å². The molecule has 1 N–H and O–H groups in total. The lowest BCUT2D eigenvalue weighted by Crippen LogP contribution is -2.20. The van der Waals surface area contributed by atoms with Gasteiger partial charge in [0.15, 0.2) is 0 Å². The topological polar surface area (TPSA) is 66.8 Å². The second-order valence-corrected chi connectivity index (χ2v) is 6.35. The number of nitrogens with zero attached hydrogens (tertiary/aromatic N) is 5. The smallest absolute Gasteiger partial charge is 0.229 e. The van der Waals surface area contributed by atoms with E-state index in [-0.39, 0.29) is 5.82 Å². The van der Waals surface area contributed by atoms with E-state index in [0.717, 1.165) is 37.3 Å². The zero-order chi connectivity index (χ0) is 17.8. The summed E-state index contributed by atoms with van der Waals surface area (Å²) in [6.45, 7) is 2.75. The molecule has 0 amide bonds. The first-order chi connectivity index (χ1) is 12.8. The predicted molar refractivity (Wildman–Crippen MR) is 96.4 cm³/mol. The lowest BCUT2D eigenvalue weighted by atomic mass is 10.1. The van der Waals surface area contributed by atoms with Crippen molar-refractivity contribution in [1.29, 1.82) is 0 Å². The molecule has 6 nitrogen and oxygen atoms in total. The molecule has 1 aromatic carbocycles. The van der Waals surface area contributed by atoms with Crippen molar-refractivity contribution in [2.24, 2.45) is 0 Å². The minimum atomic E-state index is -0.198. The third kappa shape index (κ3) is 4.00. The highest BCUT2D eigenvalue weighted by atomic mass is 19.1. The van der Waals surface area contributed by atoms with Gasteiger partial charge in [-0.15, -0.1) is 0 Å². The molecule has 1 aliphatic rings. The highest BCUT2D eigenvalue weighted by Crippen LogP contribution is 2.27. The van der Waals surface area contributed by atoms with Crippen molar-refractivity contribution in [3.8, 4) is 0 Å². The molecule has 1 aliphatic heterocycles. The van der Waals surface area contributed by atoms with Crippen molar-refractivity contribution in [2.45, 2.75) is 18.9 Å². The Morgan fingerprint density at radius 3 is 2.58 bits per heavy atom. The molecule has 1 atom stereocenters. The van der Waals surface area contributed by atoms with Crippen molar-refractivity contribution in [2.75, 3.05) is 18.4 Å². The fourth-order valence-corrected chi connectivity index (χ4v) is 3.19. The summed E-state index contributed by atoms with van der Waals surface area (Å²) in [5.74, 6) is 1.15. The van der Waals surface area contributed by atoms with E-state index in [1.54, 1.807) is 24.7 Å². The molecular formula is C19H19FN6. The fourth-order valence-electron chi connectivity index (χ4n) is 3.19. The Morgan fingerprint density at radius 1 is 1.00 bits per heavy atom. The average Bonchev–Trinajstić information content (AvgIpc) is 3.13. The molecule has 2 aromatic heterocycles. The largest absolute Gasteiger partial charge is 0.298 e. The van der Waals surface area contributed by atoms with E-state index in [0.29, 0.717) is 17.8 Å². The van der Waals surface area contributed by atoms with Gasteiger partial charge in [-0.25, -0.2) is 24.3 Å². The van der Waals surface area contributed by atoms with Gasteiger partial charge in [0.1, 0.15) is 5.82 Å². The third-order valence-corrected chi connectivity index (χ3v) is 4.48. The molecule has 0 aliphatic carbocycles. The van der Waals surface area contributed by atoms with E-state index < -0.39 is 0 Å². The lowest BCUT2D eigenvalue weighted by Gasteiger charge is -2.16. The molecule has 4 rings (SSSR count). The quantitative estimate of drug-likeness (QED) is 0.762. The number of likely N-dealkylation sites (tertiary alicyclic amines) is 1. The van der Waals surface area contributed by atoms with Crippen LogP contribution in [0.25, 0.3) is 0 Å². The van der Waals surface area contributed by atoms with Gasteiger partial charge in [-0.2, -0.15) is 0 Å². The van der Waals surface area contributed by atoms with Crippen LogP contribution in [0.1, 0.15) is 23.6 Å². The first-order valence-electron chi connectivity index (χ1n) is 8.60. The van der Waals surface area contributed by atoms with Crippen molar-refractivity contribution in [3.05, 3.63) is 72.1 Å². The lowest BCUT2D eigenvalue weighted by molar-refractivity contribution is 0.326. The van der Waals surface area contributed by atoms with E-state index in [1.165, 1.54) is 12.1 Å². The normalized spacial score (nSPS) is 17.3. The van der Waals surface area contributed by atoms with Gasteiger partial charge in [0, 0.05) is 37.6 Å². The summed E-state index contributed by atoms with van der Waals surface area (Å²) in [7, 11) is 0. The molecule has 0 spiro atoms. The van der Waals surface area contributed by atoms with Crippen LogP contribution in [0.15, 0.2) is 55.0 Å². The van der Waals surface area contributed by atoms with Gasteiger partial charge in [0.25, 0.3) is 0 Å². The second kappa shape index (κ2) is 7.53. The summed E-state index contributed by atoms with van der Waals surface area (Å²) in [6, 6.07) is 10.4. The Morgan fingerprint density at radius 2 is 1.77 bits per heavy atom. The summed E-state index contributed by atoms with van der Waals surface area (Å²) < 4.78 is 13.0. The molecule has 7 heteroatoms. The number of hydrogen-bond donors (Lipinski definition) is 1. The Hall–Kier alpha value is -2.93. The summed E-state index contributed by atoms with van der Waals surface area (Å²) in [5.41, 5.74) is 2.14. The molecule has 132 valence electrons. The van der Waals surface area contributed by atoms with E-state index in [9.17, 15) is 4.39 Å². The first-order valence-corrected chi connectivity index (χ1v) is 8.60. The van der Waals surface area contributed by atoms with Gasteiger partial charge in [-0.05, 0) is 42.8 Å². The third-order valence-electron chi connectivity index (χ3n) is 4.48. The maximum absolute atomic E-state index is 13.0. The number of anilines is 2. The zero-order valence-corrected chi connectivity index (χ0v) is 14.2. The highest BCUT2D eigenvalue weighted by molar-refractivity contribution is 5.41. The maximum Gasteiger partial charge on any atom is 0.229 e. The number of nitrogens with one attached hydrogen (secondary N) is 1.